The van der Waals surface area contributed by atoms with Crippen molar-refractivity contribution in [1.82, 2.24) is 15.5 Å². The summed E-state index contributed by atoms with van der Waals surface area (Å²) in [5, 5.41) is 17.5. The smallest absolute Gasteiger partial charge is 0.258 e. The Kier molecular flexibility index (Phi) is 4.73. The predicted molar refractivity (Wildman–Crippen MR) is 120 cm³/mol. The molecule has 2 aromatic carbocycles. The van der Waals surface area contributed by atoms with Crippen LogP contribution in [0.5, 0.6) is 5.75 Å². The number of fused-ring (bicyclic) bond motifs is 2. The predicted octanol–water partition coefficient (Wildman–Crippen LogP) is 4.77. The van der Waals surface area contributed by atoms with Crippen molar-refractivity contribution in [2.45, 2.75) is 56.5 Å². The second-order valence-electron chi connectivity index (χ2n) is 9.31. The molecule has 1 saturated heterocycles. The average molecular weight is 427 g/mol. The molecule has 1 atom stereocenters. The van der Waals surface area contributed by atoms with E-state index in [1.54, 1.807) is 6.07 Å². The summed E-state index contributed by atoms with van der Waals surface area (Å²) in [4.78, 5) is 4.71. The van der Waals surface area contributed by atoms with Gasteiger partial charge in [-0.3, -0.25) is 0 Å². The molecule has 2 fully saturated rings. The first-order chi connectivity index (χ1) is 15.8. The topological polar surface area (TPSA) is 84.0 Å². The molecule has 3 aliphatic rings. The van der Waals surface area contributed by atoms with Gasteiger partial charge in [-0.15, -0.1) is 0 Å². The number of hydrogen-bond acceptors (Lipinski definition) is 6. The molecule has 2 aliphatic carbocycles. The Balaban J connectivity index is 1.30. The fourth-order valence-corrected chi connectivity index (χ4v) is 5.74. The minimum atomic E-state index is 0.210. The van der Waals surface area contributed by atoms with Gasteiger partial charge in [-0.05, 0) is 80.8 Å². The maximum absolute atomic E-state index is 9.65. The van der Waals surface area contributed by atoms with Crippen LogP contribution < -0.4 is 10.1 Å². The van der Waals surface area contributed by atoms with Gasteiger partial charge in [0.1, 0.15) is 11.8 Å². The molecule has 2 heterocycles. The van der Waals surface area contributed by atoms with Crippen LogP contribution in [-0.4, -0.2) is 29.3 Å². The van der Waals surface area contributed by atoms with Crippen LogP contribution in [0.1, 0.15) is 55.2 Å². The molecule has 6 nitrogen and oxygen atoms in total. The number of nitrogens with one attached hydrogen (secondary N) is 1. The fourth-order valence-electron chi connectivity index (χ4n) is 5.74. The van der Waals surface area contributed by atoms with Gasteiger partial charge in [-0.25, -0.2) is 0 Å². The third-order valence-electron chi connectivity index (χ3n) is 7.45. The molecule has 1 aromatic heterocycles. The molecule has 0 amide bonds. The van der Waals surface area contributed by atoms with Gasteiger partial charge in [0.05, 0.1) is 11.7 Å². The number of nitrogens with zero attached hydrogens (tertiary/aromatic N) is 3. The second-order valence-corrected chi connectivity index (χ2v) is 9.31. The number of benzene rings is 2. The zero-order chi connectivity index (χ0) is 21.5. The van der Waals surface area contributed by atoms with Crippen molar-refractivity contribution >= 4 is 0 Å². The SMILES string of the molecule is N#Cc1cc(-c2nc(-c3cccc4c3CCC43CCNC3)no2)ccc1OC1CCCC1. The van der Waals surface area contributed by atoms with E-state index < -0.39 is 0 Å². The van der Waals surface area contributed by atoms with Crippen molar-refractivity contribution in [3.63, 3.8) is 0 Å². The third-order valence-corrected chi connectivity index (χ3v) is 7.45. The maximum atomic E-state index is 9.65. The zero-order valence-electron chi connectivity index (χ0n) is 18.1. The molecule has 32 heavy (non-hydrogen) atoms. The largest absolute Gasteiger partial charge is 0.489 e. The van der Waals surface area contributed by atoms with Gasteiger partial charge in [0.15, 0.2) is 0 Å². The van der Waals surface area contributed by atoms with E-state index in [9.17, 15) is 5.26 Å². The molecule has 0 bridgehead atoms. The van der Waals surface area contributed by atoms with E-state index in [-0.39, 0.29) is 11.5 Å². The van der Waals surface area contributed by atoms with Gasteiger partial charge in [0.25, 0.3) is 5.89 Å². The Bertz CT molecular complexity index is 1200. The van der Waals surface area contributed by atoms with Gasteiger partial charge >= 0.3 is 0 Å². The van der Waals surface area contributed by atoms with E-state index in [4.69, 9.17) is 14.2 Å². The minimum absolute atomic E-state index is 0.210. The van der Waals surface area contributed by atoms with Gasteiger partial charge in [-0.2, -0.15) is 10.2 Å². The summed E-state index contributed by atoms with van der Waals surface area (Å²) >= 11 is 0. The van der Waals surface area contributed by atoms with Crippen molar-refractivity contribution in [1.29, 1.82) is 5.26 Å². The summed E-state index contributed by atoms with van der Waals surface area (Å²) in [7, 11) is 0. The number of rotatable bonds is 4. The van der Waals surface area contributed by atoms with Crippen LogP contribution in [-0.2, 0) is 11.8 Å². The summed E-state index contributed by atoms with van der Waals surface area (Å²) in [6.45, 7) is 2.13. The highest BCUT2D eigenvalue weighted by molar-refractivity contribution is 5.68. The average Bonchev–Trinajstić information content (AvgIpc) is 3.63. The first-order valence-corrected chi connectivity index (χ1v) is 11.6. The van der Waals surface area contributed by atoms with E-state index in [1.165, 1.54) is 36.8 Å². The molecule has 1 aliphatic heterocycles. The Morgan fingerprint density at radius 3 is 2.88 bits per heavy atom. The van der Waals surface area contributed by atoms with Crippen LogP contribution in [0.4, 0.5) is 0 Å². The van der Waals surface area contributed by atoms with Gasteiger partial charge in [-0.1, -0.05) is 23.4 Å². The Labute approximate surface area is 187 Å². The van der Waals surface area contributed by atoms with Gasteiger partial charge in [0.2, 0.25) is 5.82 Å². The highest BCUT2D eigenvalue weighted by atomic mass is 16.5. The van der Waals surface area contributed by atoms with Crippen LogP contribution in [0.15, 0.2) is 40.9 Å². The van der Waals surface area contributed by atoms with E-state index in [2.05, 4.69) is 34.7 Å². The zero-order valence-corrected chi connectivity index (χ0v) is 18.1. The summed E-state index contributed by atoms with van der Waals surface area (Å²) in [6, 6.07) is 14.3. The van der Waals surface area contributed by atoms with E-state index >= 15 is 0 Å². The molecule has 6 heteroatoms. The van der Waals surface area contributed by atoms with Gasteiger partial charge in [0, 0.05) is 23.1 Å². The van der Waals surface area contributed by atoms with E-state index in [0.29, 0.717) is 23.0 Å². The molecule has 0 radical (unpaired) electrons. The summed E-state index contributed by atoms with van der Waals surface area (Å²) < 4.78 is 11.7. The quantitative estimate of drug-likeness (QED) is 0.647. The second kappa shape index (κ2) is 7.75. The Morgan fingerprint density at radius 1 is 1.16 bits per heavy atom. The summed E-state index contributed by atoms with van der Waals surface area (Å²) in [6.07, 6.45) is 8.10. The van der Waals surface area contributed by atoms with Crippen LogP contribution in [0.3, 0.4) is 0 Å². The maximum Gasteiger partial charge on any atom is 0.258 e. The van der Waals surface area contributed by atoms with Crippen LogP contribution in [0.2, 0.25) is 0 Å². The molecular formula is C26H26N4O2. The molecule has 162 valence electrons. The van der Waals surface area contributed by atoms with E-state index in [0.717, 1.165) is 43.5 Å². The summed E-state index contributed by atoms with van der Waals surface area (Å²) in [5.41, 5.74) is 5.35. The molecule has 3 aromatic rings. The first kappa shape index (κ1) is 19.5. The number of hydrogen-bond donors (Lipinski definition) is 1. The molecule has 1 spiro atoms. The lowest BCUT2D eigenvalue weighted by Gasteiger charge is -2.23. The first-order valence-electron chi connectivity index (χ1n) is 11.6. The minimum Gasteiger partial charge on any atom is -0.489 e. The third kappa shape index (κ3) is 3.20. The lowest BCUT2D eigenvalue weighted by molar-refractivity contribution is 0.209. The molecule has 6 rings (SSSR count). The molecular weight excluding hydrogens is 400 g/mol. The lowest BCUT2D eigenvalue weighted by Crippen LogP contribution is -2.25. The standard InChI is InChI=1S/C26H26N4O2/c27-15-18-14-17(8-9-23(18)31-19-4-1-2-5-19)25-29-24(30-32-25)21-6-3-7-22-20(21)10-11-26(22)12-13-28-16-26/h3,6-9,14,19,28H,1-2,4-5,10-13,16H2. The van der Waals surface area contributed by atoms with Crippen molar-refractivity contribution < 1.29 is 9.26 Å². The number of aromatic nitrogens is 2. The number of nitriles is 1. The Morgan fingerprint density at radius 2 is 2.06 bits per heavy atom. The number of ether oxygens (including phenoxy) is 1. The molecule has 1 unspecified atom stereocenters. The van der Waals surface area contributed by atoms with Crippen LogP contribution in [0.25, 0.3) is 22.8 Å². The highest BCUT2D eigenvalue weighted by Gasteiger charge is 2.42. The molecule has 1 N–H and O–H groups in total. The normalized spacial score (nSPS) is 22.3. The summed E-state index contributed by atoms with van der Waals surface area (Å²) in [5.74, 6) is 1.68. The Hall–Kier alpha value is -3.17. The van der Waals surface area contributed by atoms with E-state index in [1.807, 2.05) is 12.1 Å². The fraction of sp³-hybridized carbons (Fsp3) is 0.423. The van der Waals surface area contributed by atoms with Crippen molar-refractivity contribution in [2.24, 2.45) is 0 Å². The highest BCUT2D eigenvalue weighted by Crippen LogP contribution is 2.46. The monoisotopic (exact) mass is 426 g/mol. The van der Waals surface area contributed by atoms with Crippen LogP contribution >= 0.6 is 0 Å². The van der Waals surface area contributed by atoms with Crippen molar-refractivity contribution in [2.75, 3.05) is 13.1 Å². The lowest BCUT2D eigenvalue weighted by atomic mass is 9.81. The molecule has 1 saturated carbocycles. The van der Waals surface area contributed by atoms with Crippen LogP contribution in [0, 0.1) is 11.3 Å². The van der Waals surface area contributed by atoms with Gasteiger partial charge < -0.3 is 14.6 Å². The van der Waals surface area contributed by atoms with Crippen molar-refractivity contribution in [3.05, 3.63) is 53.1 Å². The van der Waals surface area contributed by atoms with Crippen molar-refractivity contribution in [3.8, 4) is 34.7 Å².